The van der Waals surface area contributed by atoms with Crippen molar-refractivity contribution in [3.05, 3.63) is 58.9 Å². The minimum Gasteiger partial charge on any atom is -0.376 e. The summed E-state index contributed by atoms with van der Waals surface area (Å²) in [4.78, 5) is 12.0. The van der Waals surface area contributed by atoms with Gasteiger partial charge in [-0.2, -0.15) is 0 Å². The highest BCUT2D eigenvalue weighted by molar-refractivity contribution is 6.31. The summed E-state index contributed by atoms with van der Waals surface area (Å²) in [6.45, 7) is 6.47. The van der Waals surface area contributed by atoms with Crippen molar-refractivity contribution in [2.45, 2.75) is 26.2 Å². The predicted molar refractivity (Wildman–Crippen MR) is 93.7 cm³/mol. The van der Waals surface area contributed by atoms with Crippen molar-refractivity contribution < 1.29 is 9.18 Å². The van der Waals surface area contributed by atoms with Crippen LogP contribution in [0.2, 0.25) is 5.02 Å². The van der Waals surface area contributed by atoms with Crippen molar-refractivity contribution in [1.82, 2.24) is 0 Å². The maximum atomic E-state index is 13.1. The quantitative estimate of drug-likeness (QED) is 0.841. The first-order valence-electron chi connectivity index (χ1n) is 7.35. The molecule has 0 radical (unpaired) electrons. The van der Waals surface area contributed by atoms with E-state index in [0.29, 0.717) is 5.69 Å². The second-order valence-corrected chi connectivity index (χ2v) is 6.73. The molecule has 0 bridgehead atoms. The van der Waals surface area contributed by atoms with Crippen LogP contribution in [0, 0.1) is 5.82 Å². The minimum atomic E-state index is -0.512. The predicted octanol–water partition coefficient (Wildman–Crippen LogP) is 4.83. The molecule has 0 unspecified atom stereocenters. The zero-order valence-electron chi connectivity index (χ0n) is 13.4. The second kappa shape index (κ2) is 7.01. The Morgan fingerprint density at radius 2 is 1.87 bits per heavy atom. The van der Waals surface area contributed by atoms with Gasteiger partial charge < -0.3 is 10.6 Å². The minimum absolute atomic E-state index is 0.0196. The Labute approximate surface area is 140 Å². The largest absolute Gasteiger partial charge is 0.376 e. The third kappa shape index (κ3) is 4.70. The molecule has 0 fully saturated rings. The van der Waals surface area contributed by atoms with Crippen molar-refractivity contribution in [3.63, 3.8) is 0 Å². The molecular weight excluding hydrogens is 315 g/mol. The van der Waals surface area contributed by atoms with Crippen molar-refractivity contribution in [3.8, 4) is 0 Å². The fraction of sp³-hybridized carbons (Fsp3) is 0.278. The van der Waals surface area contributed by atoms with Crippen molar-refractivity contribution >= 4 is 28.9 Å². The van der Waals surface area contributed by atoms with Gasteiger partial charge >= 0.3 is 0 Å². The van der Waals surface area contributed by atoms with Crippen LogP contribution >= 0.6 is 11.6 Å². The second-order valence-electron chi connectivity index (χ2n) is 6.33. The molecular formula is C18H20ClFN2O. The molecule has 0 aromatic heterocycles. The van der Waals surface area contributed by atoms with Gasteiger partial charge in [-0.15, -0.1) is 0 Å². The number of anilines is 2. The average Bonchev–Trinajstić information content (AvgIpc) is 2.48. The molecule has 2 aromatic carbocycles. The summed E-state index contributed by atoms with van der Waals surface area (Å²) in [6, 6.07) is 12.0. The number of halogens is 2. The molecule has 122 valence electrons. The molecule has 2 aromatic rings. The van der Waals surface area contributed by atoms with E-state index in [1.165, 1.54) is 18.2 Å². The van der Waals surface area contributed by atoms with Gasteiger partial charge in [0.05, 0.1) is 11.6 Å². The fourth-order valence-electron chi connectivity index (χ4n) is 2.25. The average molecular weight is 335 g/mol. The number of benzene rings is 2. The summed E-state index contributed by atoms with van der Waals surface area (Å²) in [5, 5.41) is 5.81. The van der Waals surface area contributed by atoms with Crippen LogP contribution in [0.25, 0.3) is 0 Å². The van der Waals surface area contributed by atoms with Gasteiger partial charge in [-0.1, -0.05) is 50.6 Å². The van der Waals surface area contributed by atoms with Crippen LogP contribution in [-0.2, 0) is 10.2 Å². The Morgan fingerprint density at radius 3 is 2.52 bits per heavy atom. The molecule has 0 saturated heterocycles. The van der Waals surface area contributed by atoms with Crippen LogP contribution in [0.1, 0.15) is 26.3 Å². The van der Waals surface area contributed by atoms with Crippen LogP contribution in [0.3, 0.4) is 0 Å². The molecule has 0 spiro atoms. The number of hydrogen-bond donors (Lipinski definition) is 2. The zero-order valence-corrected chi connectivity index (χ0v) is 14.2. The maximum Gasteiger partial charge on any atom is 0.243 e. The molecule has 5 heteroatoms. The van der Waals surface area contributed by atoms with E-state index >= 15 is 0 Å². The van der Waals surface area contributed by atoms with Crippen LogP contribution < -0.4 is 10.6 Å². The lowest BCUT2D eigenvalue weighted by Crippen LogP contribution is -2.23. The number of nitrogens with one attached hydrogen (secondary N) is 2. The number of amides is 1. The van der Waals surface area contributed by atoms with Crippen LogP contribution in [0.15, 0.2) is 42.5 Å². The Balaban J connectivity index is 2.01. The number of hydrogen-bond acceptors (Lipinski definition) is 2. The normalized spacial score (nSPS) is 11.2. The molecule has 1 amide bonds. The highest BCUT2D eigenvalue weighted by Gasteiger charge is 2.17. The number of carbonyl (C=O) groups is 1. The number of carbonyl (C=O) groups excluding carboxylic acids is 1. The number of rotatable bonds is 4. The van der Waals surface area contributed by atoms with Gasteiger partial charge in [0.25, 0.3) is 0 Å². The lowest BCUT2D eigenvalue weighted by molar-refractivity contribution is -0.114. The Hall–Kier alpha value is -2.07. The van der Waals surface area contributed by atoms with E-state index in [9.17, 15) is 9.18 Å². The lowest BCUT2D eigenvalue weighted by atomic mass is 9.86. The van der Waals surface area contributed by atoms with E-state index in [1.54, 1.807) is 0 Å². The van der Waals surface area contributed by atoms with Crippen LogP contribution in [0.5, 0.6) is 0 Å². The van der Waals surface area contributed by atoms with E-state index in [2.05, 4.69) is 31.4 Å². The zero-order chi connectivity index (χ0) is 17.0. The molecule has 2 N–H and O–H groups in total. The monoisotopic (exact) mass is 334 g/mol. The first kappa shape index (κ1) is 17.3. The van der Waals surface area contributed by atoms with Gasteiger partial charge in [0.2, 0.25) is 5.91 Å². The summed E-state index contributed by atoms with van der Waals surface area (Å²) in [6.07, 6.45) is 0. The first-order valence-corrected chi connectivity index (χ1v) is 7.73. The molecule has 0 heterocycles. The summed E-state index contributed by atoms with van der Waals surface area (Å²) in [5.74, 6) is -0.738. The smallest absolute Gasteiger partial charge is 0.243 e. The maximum absolute atomic E-state index is 13.1. The van der Waals surface area contributed by atoms with Gasteiger partial charge in [-0.25, -0.2) is 4.39 Å². The lowest BCUT2D eigenvalue weighted by Gasteiger charge is -2.23. The Morgan fingerprint density at radius 1 is 1.17 bits per heavy atom. The van der Waals surface area contributed by atoms with Gasteiger partial charge in [0, 0.05) is 11.4 Å². The van der Waals surface area contributed by atoms with Crippen LogP contribution in [-0.4, -0.2) is 12.5 Å². The molecule has 3 nitrogen and oxygen atoms in total. The first-order chi connectivity index (χ1) is 10.8. The summed E-state index contributed by atoms with van der Waals surface area (Å²) in [7, 11) is 0. The third-order valence-corrected chi connectivity index (χ3v) is 3.67. The van der Waals surface area contributed by atoms with E-state index in [0.717, 1.165) is 11.3 Å². The van der Waals surface area contributed by atoms with E-state index in [4.69, 9.17) is 11.6 Å². The standard InChI is InChI=1S/C18H20ClFN2O/c1-18(2,3)13-6-4-5-7-16(13)21-11-17(23)22-12-8-9-15(20)14(19)10-12/h4-10,21H,11H2,1-3H3,(H,22,23). The molecule has 23 heavy (non-hydrogen) atoms. The van der Waals surface area contributed by atoms with Crippen LogP contribution in [0.4, 0.5) is 15.8 Å². The molecule has 0 aliphatic rings. The van der Waals surface area contributed by atoms with E-state index in [-0.39, 0.29) is 22.9 Å². The summed E-state index contributed by atoms with van der Waals surface area (Å²) >= 11 is 5.70. The highest BCUT2D eigenvalue weighted by Crippen LogP contribution is 2.29. The highest BCUT2D eigenvalue weighted by atomic mass is 35.5. The van der Waals surface area contributed by atoms with Gasteiger partial charge in [0.15, 0.2) is 0 Å². The molecule has 0 aliphatic carbocycles. The van der Waals surface area contributed by atoms with Gasteiger partial charge in [-0.3, -0.25) is 4.79 Å². The van der Waals surface area contributed by atoms with Crippen molar-refractivity contribution in [1.29, 1.82) is 0 Å². The summed E-state index contributed by atoms with van der Waals surface area (Å²) < 4.78 is 13.1. The molecule has 0 saturated carbocycles. The third-order valence-electron chi connectivity index (χ3n) is 3.38. The number of para-hydroxylation sites is 1. The molecule has 2 rings (SSSR count). The Bertz CT molecular complexity index is 710. The van der Waals surface area contributed by atoms with Crippen molar-refractivity contribution in [2.24, 2.45) is 0 Å². The molecule has 0 atom stereocenters. The Kier molecular flexibility index (Phi) is 5.26. The SMILES string of the molecule is CC(C)(C)c1ccccc1NCC(=O)Nc1ccc(F)c(Cl)c1. The topological polar surface area (TPSA) is 41.1 Å². The fourth-order valence-corrected chi connectivity index (χ4v) is 2.43. The van der Waals surface area contributed by atoms with Gasteiger partial charge in [0.1, 0.15) is 5.82 Å². The molecule has 0 aliphatic heterocycles. The van der Waals surface area contributed by atoms with E-state index in [1.807, 2.05) is 24.3 Å². The summed E-state index contributed by atoms with van der Waals surface area (Å²) in [5.41, 5.74) is 2.50. The van der Waals surface area contributed by atoms with E-state index < -0.39 is 5.82 Å². The van der Waals surface area contributed by atoms with Gasteiger partial charge in [-0.05, 0) is 35.2 Å². The van der Waals surface area contributed by atoms with Crippen molar-refractivity contribution in [2.75, 3.05) is 17.2 Å².